The Balaban J connectivity index is 4.56. The van der Waals surface area contributed by atoms with Crippen molar-refractivity contribution < 1.29 is 9.59 Å². The summed E-state index contributed by atoms with van der Waals surface area (Å²) < 4.78 is 0. The molecule has 1 amide bonds. The minimum Gasteiger partial charge on any atom is -0.344 e. The Kier molecular flexibility index (Phi) is 7.56. The van der Waals surface area contributed by atoms with Crippen molar-refractivity contribution >= 4 is 20.7 Å². The van der Waals surface area contributed by atoms with Gasteiger partial charge in [0.05, 0.1) is 12.1 Å². The molecule has 0 aromatic rings. The van der Waals surface area contributed by atoms with Gasteiger partial charge in [0.25, 0.3) is 0 Å². The highest BCUT2D eigenvalue weighted by molar-refractivity contribution is 7.40. The molecule has 0 radical (unpaired) electrons. The molecule has 4 nitrogen and oxygen atoms in total. The second-order valence-electron chi connectivity index (χ2n) is 4.69. The number of carbonyl (C=O) groups is 2. The molecule has 0 saturated heterocycles. The fourth-order valence-electron chi connectivity index (χ4n) is 1.49. The quantitative estimate of drug-likeness (QED) is 0.678. The first-order chi connectivity index (χ1) is 7.84. The summed E-state index contributed by atoms with van der Waals surface area (Å²) in [5, 5.41) is 2.75. The Morgan fingerprint density at radius 1 is 1.18 bits per heavy atom. The molecule has 0 heterocycles. The summed E-state index contributed by atoms with van der Waals surface area (Å²) in [6.07, 6.45) is 1.68. The predicted octanol–water partition coefficient (Wildman–Crippen LogP) is 1.29. The third kappa shape index (κ3) is 5.13. The zero-order valence-electron chi connectivity index (χ0n) is 11.2. The van der Waals surface area contributed by atoms with Crippen LogP contribution in [0.3, 0.4) is 0 Å². The number of nitrogens with one attached hydrogen (secondary N) is 1. The van der Waals surface area contributed by atoms with Gasteiger partial charge in [-0.05, 0) is 11.8 Å². The summed E-state index contributed by atoms with van der Waals surface area (Å²) in [6.45, 7) is 7.86. The smallest absolute Gasteiger partial charge is 0.237 e. The first-order valence-corrected chi connectivity index (χ1v) is 6.78. The van der Waals surface area contributed by atoms with Crippen LogP contribution in [0, 0.1) is 11.8 Å². The third-order valence-electron chi connectivity index (χ3n) is 3.38. The average molecular weight is 260 g/mol. The van der Waals surface area contributed by atoms with Gasteiger partial charge >= 0.3 is 0 Å². The highest BCUT2D eigenvalue weighted by Gasteiger charge is 2.27. The van der Waals surface area contributed by atoms with Gasteiger partial charge in [0.2, 0.25) is 5.91 Å². The molecule has 3 N–H and O–H groups in total. The van der Waals surface area contributed by atoms with Gasteiger partial charge in [-0.25, -0.2) is 0 Å². The second-order valence-corrected chi connectivity index (χ2v) is 5.25. The molecule has 0 aromatic heterocycles. The maximum absolute atomic E-state index is 11.9. The van der Waals surface area contributed by atoms with Crippen molar-refractivity contribution in [3.63, 3.8) is 0 Å². The van der Waals surface area contributed by atoms with E-state index in [1.807, 2.05) is 27.7 Å². The Morgan fingerprint density at radius 2 is 1.65 bits per heavy atom. The van der Waals surface area contributed by atoms with Gasteiger partial charge in [0.1, 0.15) is 0 Å². The van der Waals surface area contributed by atoms with E-state index in [1.54, 1.807) is 0 Å². The summed E-state index contributed by atoms with van der Waals surface area (Å²) in [5.41, 5.74) is 5.74. The first-order valence-electron chi connectivity index (χ1n) is 6.20. The van der Waals surface area contributed by atoms with Crippen LogP contribution in [0.5, 0.6) is 0 Å². The lowest BCUT2D eigenvalue weighted by molar-refractivity contribution is -0.127. The zero-order valence-corrected chi connectivity index (χ0v) is 12.3. The predicted molar refractivity (Wildman–Crippen MR) is 73.5 cm³/mol. The molecule has 5 atom stereocenters. The van der Waals surface area contributed by atoms with Crippen LogP contribution in [-0.2, 0) is 9.59 Å². The van der Waals surface area contributed by atoms with Crippen LogP contribution in [0.15, 0.2) is 0 Å². The topological polar surface area (TPSA) is 72.2 Å². The lowest BCUT2D eigenvalue weighted by Gasteiger charge is -2.25. The SMILES string of the molecule is CC[C@H](C)C(N)C(=O)NC(C(=O)P)[C@@H](C)CC. The van der Waals surface area contributed by atoms with E-state index in [1.165, 1.54) is 0 Å². The van der Waals surface area contributed by atoms with Crippen LogP contribution in [0.4, 0.5) is 0 Å². The molecule has 0 spiro atoms. The van der Waals surface area contributed by atoms with Crippen LogP contribution in [0.1, 0.15) is 40.5 Å². The minimum atomic E-state index is -0.545. The van der Waals surface area contributed by atoms with Crippen molar-refractivity contribution in [2.24, 2.45) is 17.6 Å². The molecule has 5 heteroatoms. The van der Waals surface area contributed by atoms with E-state index >= 15 is 0 Å². The Bertz CT molecular complexity index is 271. The molecule has 0 bridgehead atoms. The average Bonchev–Trinajstić information content (AvgIpc) is 2.32. The van der Waals surface area contributed by atoms with Gasteiger partial charge < -0.3 is 11.1 Å². The maximum atomic E-state index is 11.9. The van der Waals surface area contributed by atoms with Crippen LogP contribution in [0.2, 0.25) is 0 Å². The van der Waals surface area contributed by atoms with Crippen molar-refractivity contribution in [1.29, 1.82) is 0 Å². The number of nitrogens with two attached hydrogens (primary N) is 1. The summed E-state index contributed by atoms with van der Waals surface area (Å²) in [4.78, 5) is 23.3. The van der Waals surface area contributed by atoms with Gasteiger partial charge in [-0.2, -0.15) is 0 Å². The monoisotopic (exact) mass is 260 g/mol. The molecular weight excluding hydrogens is 235 g/mol. The normalized spacial score (nSPS) is 18.0. The molecule has 0 aliphatic rings. The largest absolute Gasteiger partial charge is 0.344 e. The van der Waals surface area contributed by atoms with E-state index in [2.05, 4.69) is 14.6 Å². The van der Waals surface area contributed by atoms with E-state index in [0.717, 1.165) is 12.8 Å². The first kappa shape index (κ1) is 16.5. The maximum Gasteiger partial charge on any atom is 0.237 e. The fraction of sp³-hybridized carbons (Fsp3) is 0.833. The molecule has 0 aromatic carbocycles. The molecule has 100 valence electrons. The molecule has 0 rings (SSSR count). The molecule has 0 saturated carbocycles. The number of amides is 1. The van der Waals surface area contributed by atoms with Gasteiger partial charge in [-0.15, -0.1) is 0 Å². The lowest BCUT2D eigenvalue weighted by Crippen LogP contribution is -2.51. The van der Waals surface area contributed by atoms with Crippen molar-refractivity contribution in [2.45, 2.75) is 52.6 Å². The Labute approximate surface area is 106 Å². The molecule has 0 fully saturated rings. The highest BCUT2D eigenvalue weighted by Crippen LogP contribution is 2.13. The highest BCUT2D eigenvalue weighted by atomic mass is 31.0. The molecule has 0 aliphatic heterocycles. The van der Waals surface area contributed by atoms with Crippen LogP contribution >= 0.6 is 9.24 Å². The molecule has 17 heavy (non-hydrogen) atoms. The van der Waals surface area contributed by atoms with Gasteiger partial charge in [-0.3, -0.25) is 9.59 Å². The zero-order chi connectivity index (χ0) is 13.6. The van der Waals surface area contributed by atoms with E-state index in [9.17, 15) is 9.59 Å². The Morgan fingerprint density at radius 3 is 2.00 bits per heavy atom. The molecule has 3 unspecified atom stereocenters. The van der Waals surface area contributed by atoms with Crippen molar-refractivity contribution in [1.82, 2.24) is 5.32 Å². The van der Waals surface area contributed by atoms with Crippen LogP contribution < -0.4 is 11.1 Å². The van der Waals surface area contributed by atoms with E-state index < -0.39 is 12.1 Å². The van der Waals surface area contributed by atoms with Gasteiger partial charge in [0.15, 0.2) is 5.52 Å². The van der Waals surface area contributed by atoms with Gasteiger partial charge in [-0.1, -0.05) is 49.8 Å². The number of hydrogen-bond donors (Lipinski definition) is 2. The number of rotatable bonds is 7. The summed E-state index contributed by atoms with van der Waals surface area (Å²) in [6, 6.07) is -0.997. The third-order valence-corrected chi connectivity index (χ3v) is 3.74. The van der Waals surface area contributed by atoms with Crippen LogP contribution in [0.25, 0.3) is 0 Å². The summed E-state index contributed by atoms with van der Waals surface area (Å²) in [7, 11) is 2.13. The summed E-state index contributed by atoms with van der Waals surface area (Å²) in [5.74, 6) is 0.000673. The Hall–Kier alpha value is -0.470. The molecular formula is C12H25N2O2P. The summed E-state index contributed by atoms with van der Waals surface area (Å²) >= 11 is 0. The second kappa shape index (κ2) is 7.78. The van der Waals surface area contributed by atoms with Crippen molar-refractivity contribution in [3.05, 3.63) is 0 Å². The van der Waals surface area contributed by atoms with Gasteiger partial charge in [0, 0.05) is 0 Å². The van der Waals surface area contributed by atoms with E-state index in [-0.39, 0.29) is 23.3 Å². The number of hydrogen-bond acceptors (Lipinski definition) is 3. The fourth-order valence-corrected chi connectivity index (χ4v) is 1.90. The van der Waals surface area contributed by atoms with E-state index in [4.69, 9.17) is 5.73 Å². The molecule has 0 aliphatic carbocycles. The minimum absolute atomic E-state index is 0.0935. The van der Waals surface area contributed by atoms with E-state index in [0.29, 0.717) is 0 Å². The number of carbonyl (C=O) groups excluding carboxylic acids is 2. The van der Waals surface area contributed by atoms with Crippen molar-refractivity contribution in [2.75, 3.05) is 0 Å². The standard InChI is InChI=1S/C12H25N2O2P/c1-5-7(3)9(13)11(15)14-10(12(16)17)8(4)6-2/h7-10H,5-6,13,17H2,1-4H3,(H,14,15)/t7-,8-,9?,10?/m0/s1. The van der Waals surface area contributed by atoms with Crippen molar-refractivity contribution in [3.8, 4) is 0 Å². The lowest BCUT2D eigenvalue weighted by atomic mass is 9.96. The van der Waals surface area contributed by atoms with Crippen LogP contribution in [-0.4, -0.2) is 23.5 Å².